The third-order valence-electron chi connectivity index (χ3n) is 3.27. The highest BCUT2D eigenvalue weighted by Crippen LogP contribution is 2.33. The monoisotopic (exact) mass is 300 g/mol. The number of nitrogens with one attached hydrogen (secondary N) is 1. The zero-order valence-corrected chi connectivity index (χ0v) is 13.2. The molecule has 1 N–H and O–H groups in total. The molecular weight excluding hydrogens is 280 g/mol. The molecule has 5 heteroatoms. The van der Waals surface area contributed by atoms with Gasteiger partial charge in [-0.15, -0.1) is 0 Å². The van der Waals surface area contributed by atoms with E-state index in [1.165, 1.54) is 0 Å². The maximum absolute atomic E-state index is 5.36. The van der Waals surface area contributed by atoms with E-state index in [1.807, 2.05) is 37.3 Å². The summed E-state index contributed by atoms with van der Waals surface area (Å²) in [6.07, 6.45) is 1.69. The van der Waals surface area contributed by atoms with Crippen molar-refractivity contribution in [1.82, 2.24) is 0 Å². The van der Waals surface area contributed by atoms with Crippen LogP contribution in [0.3, 0.4) is 0 Å². The van der Waals surface area contributed by atoms with Gasteiger partial charge in [-0.3, -0.25) is 5.43 Å². The van der Waals surface area contributed by atoms with E-state index < -0.39 is 0 Å². The van der Waals surface area contributed by atoms with Crippen LogP contribution in [0.2, 0.25) is 0 Å². The van der Waals surface area contributed by atoms with E-state index in [1.54, 1.807) is 33.6 Å². The van der Waals surface area contributed by atoms with E-state index in [0.717, 1.165) is 16.8 Å². The first kappa shape index (κ1) is 15.7. The van der Waals surface area contributed by atoms with Gasteiger partial charge in [-0.1, -0.05) is 18.2 Å². The van der Waals surface area contributed by atoms with E-state index in [0.29, 0.717) is 17.2 Å². The lowest BCUT2D eigenvalue weighted by atomic mass is 10.2. The van der Waals surface area contributed by atoms with Gasteiger partial charge in [0.05, 0.1) is 33.2 Å². The summed E-state index contributed by atoms with van der Waals surface area (Å²) in [6.45, 7) is 2.02. The molecule has 0 atom stereocenters. The van der Waals surface area contributed by atoms with Gasteiger partial charge in [0.2, 0.25) is 0 Å². The summed E-state index contributed by atoms with van der Waals surface area (Å²) in [5, 5.41) is 4.26. The number of aryl methyl sites for hydroxylation is 1. The Hall–Kier alpha value is -2.69. The van der Waals surface area contributed by atoms with Gasteiger partial charge in [-0.05, 0) is 24.6 Å². The van der Waals surface area contributed by atoms with E-state index in [2.05, 4.69) is 10.5 Å². The molecule has 0 amide bonds. The van der Waals surface area contributed by atoms with Crippen molar-refractivity contribution in [3.05, 3.63) is 47.5 Å². The number of ether oxygens (including phenoxy) is 3. The van der Waals surface area contributed by atoms with Gasteiger partial charge in [0.15, 0.2) is 11.5 Å². The third kappa shape index (κ3) is 3.49. The normalized spacial score (nSPS) is 10.5. The summed E-state index contributed by atoms with van der Waals surface area (Å²) in [6, 6.07) is 11.5. The molecule has 0 aliphatic heterocycles. The lowest BCUT2D eigenvalue weighted by Crippen LogP contribution is -1.98. The Balaban J connectivity index is 2.24. The smallest absolute Gasteiger partial charge is 0.164 e. The Labute approximate surface area is 130 Å². The van der Waals surface area contributed by atoms with Crippen LogP contribution in [0.5, 0.6) is 17.2 Å². The van der Waals surface area contributed by atoms with E-state index in [4.69, 9.17) is 14.2 Å². The molecule has 0 saturated carbocycles. The maximum Gasteiger partial charge on any atom is 0.164 e. The number of hydrogen-bond acceptors (Lipinski definition) is 5. The van der Waals surface area contributed by atoms with Crippen molar-refractivity contribution in [3.8, 4) is 17.2 Å². The second-order valence-electron chi connectivity index (χ2n) is 4.63. The minimum atomic E-state index is 0.614. The molecule has 0 aromatic heterocycles. The number of hydrazone groups is 1. The van der Waals surface area contributed by atoms with Crippen LogP contribution in [0.1, 0.15) is 11.1 Å². The molecule has 0 heterocycles. The van der Waals surface area contributed by atoms with Crippen molar-refractivity contribution in [2.75, 3.05) is 26.8 Å². The molecule has 2 aromatic rings. The number of hydrogen-bond donors (Lipinski definition) is 1. The van der Waals surface area contributed by atoms with Crippen LogP contribution in [0.4, 0.5) is 5.69 Å². The topological polar surface area (TPSA) is 52.1 Å². The van der Waals surface area contributed by atoms with Crippen molar-refractivity contribution in [2.45, 2.75) is 6.92 Å². The zero-order chi connectivity index (χ0) is 15.9. The quantitative estimate of drug-likeness (QED) is 0.655. The molecule has 22 heavy (non-hydrogen) atoms. The first-order valence-corrected chi connectivity index (χ1v) is 6.84. The highest BCUT2D eigenvalue weighted by molar-refractivity contribution is 5.85. The summed E-state index contributed by atoms with van der Waals surface area (Å²) < 4.78 is 15.9. The fourth-order valence-electron chi connectivity index (χ4n) is 2.02. The second-order valence-corrected chi connectivity index (χ2v) is 4.63. The van der Waals surface area contributed by atoms with E-state index >= 15 is 0 Å². The molecule has 2 rings (SSSR count). The van der Waals surface area contributed by atoms with E-state index in [-0.39, 0.29) is 0 Å². The summed E-state index contributed by atoms with van der Waals surface area (Å²) in [5.41, 5.74) is 5.89. The van der Waals surface area contributed by atoms with Gasteiger partial charge >= 0.3 is 0 Å². The Bertz CT molecular complexity index is 669. The molecular formula is C17H20N2O3. The second kappa shape index (κ2) is 7.36. The number of rotatable bonds is 6. The maximum atomic E-state index is 5.36. The average Bonchev–Trinajstić information content (AvgIpc) is 2.56. The van der Waals surface area contributed by atoms with Gasteiger partial charge in [0.25, 0.3) is 0 Å². The zero-order valence-electron chi connectivity index (χ0n) is 13.2. The van der Waals surface area contributed by atoms with Crippen LogP contribution in [0.15, 0.2) is 41.5 Å². The lowest BCUT2D eigenvalue weighted by molar-refractivity contribution is 0.349. The molecule has 0 unspecified atom stereocenters. The van der Waals surface area contributed by atoms with Gasteiger partial charge < -0.3 is 14.2 Å². The molecule has 5 nitrogen and oxygen atoms in total. The summed E-state index contributed by atoms with van der Waals surface area (Å²) in [4.78, 5) is 0. The van der Waals surface area contributed by atoms with Crippen molar-refractivity contribution >= 4 is 11.9 Å². The molecule has 116 valence electrons. The van der Waals surface area contributed by atoms with Crippen molar-refractivity contribution < 1.29 is 14.2 Å². The highest BCUT2D eigenvalue weighted by atomic mass is 16.5. The number of para-hydroxylation sites is 1. The van der Waals surface area contributed by atoms with Gasteiger partial charge in [0.1, 0.15) is 5.75 Å². The van der Waals surface area contributed by atoms with Gasteiger partial charge in [-0.25, -0.2) is 0 Å². The molecule has 2 aromatic carbocycles. The highest BCUT2D eigenvalue weighted by Gasteiger charge is 2.10. The Morgan fingerprint density at radius 2 is 1.55 bits per heavy atom. The summed E-state index contributed by atoms with van der Waals surface area (Å²) in [7, 11) is 4.79. The van der Waals surface area contributed by atoms with Crippen LogP contribution in [-0.4, -0.2) is 27.5 Å². The minimum Gasteiger partial charge on any atom is -0.496 e. The lowest BCUT2D eigenvalue weighted by Gasteiger charge is -2.12. The summed E-state index contributed by atoms with van der Waals surface area (Å²) >= 11 is 0. The van der Waals surface area contributed by atoms with E-state index in [9.17, 15) is 0 Å². The Morgan fingerprint density at radius 3 is 2.18 bits per heavy atom. The van der Waals surface area contributed by atoms with Crippen molar-refractivity contribution in [2.24, 2.45) is 5.10 Å². The van der Waals surface area contributed by atoms with Crippen LogP contribution in [-0.2, 0) is 0 Å². The minimum absolute atomic E-state index is 0.614. The van der Waals surface area contributed by atoms with Crippen LogP contribution in [0, 0.1) is 6.92 Å². The predicted octanol–water partition coefficient (Wildman–Crippen LogP) is 3.47. The molecule has 0 fully saturated rings. The SMILES string of the molecule is COc1cc(OC)c(OC)cc1/C=N\Nc1ccccc1C. The molecule has 0 spiro atoms. The predicted molar refractivity (Wildman–Crippen MR) is 88.5 cm³/mol. The van der Waals surface area contributed by atoms with Crippen molar-refractivity contribution in [1.29, 1.82) is 0 Å². The van der Waals surface area contributed by atoms with Crippen LogP contribution in [0.25, 0.3) is 0 Å². The third-order valence-corrected chi connectivity index (χ3v) is 3.27. The summed E-state index contributed by atoms with van der Waals surface area (Å²) in [5.74, 6) is 1.90. The Kier molecular flexibility index (Phi) is 5.25. The standard InChI is InChI=1S/C17H20N2O3/c1-12-7-5-6-8-14(12)19-18-11-13-9-16(21-3)17(22-4)10-15(13)20-2/h5-11,19H,1-4H3/b18-11-. The fourth-order valence-corrected chi connectivity index (χ4v) is 2.02. The van der Waals surface area contributed by atoms with Crippen LogP contribution >= 0.6 is 0 Å². The largest absolute Gasteiger partial charge is 0.496 e. The first-order chi connectivity index (χ1) is 10.7. The number of methoxy groups -OCH3 is 3. The molecule has 0 radical (unpaired) electrons. The van der Waals surface area contributed by atoms with Gasteiger partial charge in [0, 0.05) is 11.6 Å². The molecule has 0 saturated heterocycles. The molecule has 0 aliphatic rings. The van der Waals surface area contributed by atoms with Crippen LogP contribution < -0.4 is 19.6 Å². The fraction of sp³-hybridized carbons (Fsp3) is 0.235. The number of anilines is 1. The number of nitrogens with zero attached hydrogens (tertiary/aromatic N) is 1. The Morgan fingerprint density at radius 1 is 0.909 bits per heavy atom. The number of benzene rings is 2. The molecule has 0 bridgehead atoms. The first-order valence-electron chi connectivity index (χ1n) is 6.84. The molecule has 0 aliphatic carbocycles. The van der Waals surface area contributed by atoms with Crippen molar-refractivity contribution in [3.63, 3.8) is 0 Å². The van der Waals surface area contributed by atoms with Gasteiger partial charge in [-0.2, -0.15) is 5.10 Å². The average molecular weight is 300 g/mol.